The van der Waals surface area contributed by atoms with Crippen molar-refractivity contribution in [2.45, 2.75) is 31.9 Å². The third-order valence-corrected chi connectivity index (χ3v) is 6.22. The average Bonchev–Trinajstić information content (AvgIpc) is 3.09. The van der Waals surface area contributed by atoms with Gasteiger partial charge in [0.1, 0.15) is 5.75 Å². The number of likely N-dealkylation sites (tertiary alicyclic amines) is 1. The molecule has 4 atom stereocenters. The molecule has 2 N–H and O–H groups in total. The Morgan fingerprint density at radius 2 is 1.82 bits per heavy atom. The van der Waals surface area contributed by atoms with Crippen LogP contribution in [0.3, 0.4) is 0 Å². The molecule has 1 saturated heterocycles. The molecule has 6 heteroatoms. The van der Waals surface area contributed by atoms with Crippen LogP contribution in [0.25, 0.3) is 10.8 Å². The standard InChI is InChI=1S/C22H26N2O4/c1-13(25)23-18-9-15-11-24(12-16(15)10-20(18)28-2)22(27)21-17-6-4-3-5-14(17)7-8-19(21)26/h3-8,15-16,18,20,26H,9-12H2,1-2H3,(H,23,25)/t15-,16+,18-,20-/m1/s1. The average molecular weight is 382 g/mol. The van der Waals surface area contributed by atoms with Gasteiger partial charge in [0.2, 0.25) is 5.91 Å². The molecule has 0 spiro atoms. The number of nitrogens with one attached hydrogen (secondary N) is 1. The first kappa shape index (κ1) is 18.7. The van der Waals surface area contributed by atoms with Gasteiger partial charge in [0.25, 0.3) is 5.91 Å². The molecule has 2 aromatic rings. The van der Waals surface area contributed by atoms with E-state index < -0.39 is 0 Å². The first-order valence-corrected chi connectivity index (χ1v) is 9.77. The number of aromatic hydroxyl groups is 1. The number of carbonyl (C=O) groups is 2. The van der Waals surface area contributed by atoms with Gasteiger partial charge in [-0.3, -0.25) is 9.59 Å². The van der Waals surface area contributed by atoms with Crippen molar-refractivity contribution < 1.29 is 19.4 Å². The summed E-state index contributed by atoms with van der Waals surface area (Å²) in [6, 6.07) is 11.0. The Morgan fingerprint density at radius 3 is 2.54 bits per heavy atom. The Kier molecular flexibility index (Phi) is 4.98. The molecule has 0 bridgehead atoms. The largest absolute Gasteiger partial charge is 0.507 e. The van der Waals surface area contributed by atoms with Crippen molar-refractivity contribution in [1.29, 1.82) is 0 Å². The molecule has 1 saturated carbocycles. The van der Waals surface area contributed by atoms with E-state index in [0.717, 1.165) is 23.6 Å². The zero-order valence-corrected chi connectivity index (χ0v) is 16.2. The summed E-state index contributed by atoms with van der Waals surface area (Å²) in [5.41, 5.74) is 0.374. The maximum atomic E-state index is 13.3. The fourth-order valence-corrected chi connectivity index (χ4v) is 4.90. The van der Waals surface area contributed by atoms with Crippen molar-refractivity contribution >= 4 is 22.6 Å². The van der Waals surface area contributed by atoms with Crippen LogP contribution in [-0.4, -0.2) is 54.2 Å². The molecule has 6 nitrogen and oxygen atoms in total. The van der Waals surface area contributed by atoms with Crippen LogP contribution in [0.5, 0.6) is 5.75 Å². The SMILES string of the molecule is CO[C@@H]1C[C@H]2CN(C(=O)c3c(O)ccc4ccccc34)C[C@H]2C[C@H]1NC(C)=O. The molecular weight excluding hydrogens is 356 g/mol. The third kappa shape index (κ3) is 3.33. The van der Waals surface area contributed by atoms with Gasteiger partial charge >= 0.3 is 0 Å². The Morgan fingerprint density at radius 1 is 1.11 bits per heavy atom. The Hall–Kier alpha value is -2.60. The molecule has 2 amide bonds. The summed E-state index contributed by atoms with van der Waals surface area (Å²) in [6.45, 7) is 2.81. The molecule has 0 aromatic heterocycles. The molecule has 0 radical (unpaired) electrons. The Bertz CT molecular complexity index is 913. The number of phenols is 1. The van der Waals surface area contributed by atoms with Crippen molar-refractivity contribution in [2.75, 3.05) is 20.2 Å². The molecule has 2 aromatic carbocycles. The molecule has 0 unspecified atom stereocenters. The highest BCUT2D eigenvalue weighted by Crippen LogP contribution is 2.39. The molecule has 28 heavy (non-hydrogen) atoms. The first-order valence-electron chi connectivity index (χ1n) is 9.77. The molecule has 2 fully saturated rings. The number of hydrogen-bond acceptors (Lipinski definition) is 4. The van der Waals surface area contributed by atoms with Crippen LogP contribution in [-0.2, 0) is 9.53 Å². The van der Waals surface area contributed by atoms with Crippen LogP contribution in [0.4, 0.5) is 0 Å². The fourth-order valence-electron chi connectivity index (χ4n) is 4.90. The number of fused-ring (bicyclic) bond motifs is 2. The normalized spacial score (nSPS) is 26.9. The summed E-state index contributed by atoms with van der Waals surface area (Å²) in [5, 5.41) is 15.1. The first-order chi connectivity index (χ1) is 13.5. The van der Waals surface area contributed by atoms with Crippen LogP contribution < -0.4 is 5.32 Å². The van der Waals surface area contributed by atoms with Gasteiger partial charge in [0, 0.05) is 27.1 Å². The topological polar surface area (TPSA) is 78.9 Å². The third-order valence-electron chi connectivity index (χ3n) is 6.22. The van der Waals surface area contributed by atoms with Gasteiger partial charge in [-0.05, 0) is 41.5 Å². The number of rotatable bonds is 3. The number of hydrogen-bond donors (Lipinski definition) is 2. The Balaban J connectivity index is 1.57. The second-order valence-corrected chi connectivity index (χ2v) is 7.96. The molecular formula is C22H26N2O4. The lowest BCUT2D eigenvalue weighted by Crippen LogP contribution is -2.49. The van der Waals surface area contributed by atoms with E-state index in [1.807, 2.05) is 35.2 Å². The van der Waals surface area contributed by atoms with E-state index in [4.69, 9.17) is 4.74 Å². The molecule has 2 aliphatic rings. The molecule has 4 rings (SSSR count). The number of carbonyl (C=O) groups excluding carboxylic acids is 2. The van der Waals surface area contributed by atoms with Gasteiger partial charge < -0.3 is 20.1 Å². The molecule has 1 aliphatic heterocycles. The minimum absolute atomic E-state index is 0.0180. The van der Waals surface area contributed by atoms with Crippen LogP contribution >= 0.6 is 0 Å². The van der Waals surface area contributed by atoms with Crippen LogP contribution in [0.15, 0.2) is 36.4 Å². The monoisotopic (exact) mass is 382 g/mol. The summed E-state index contributed by atoms with van der Waals surface area (Å²) in [6.07, 6.45) is 1.58. The summed E-state index contributed by atoms with van der Waals surface area (Å²) in [7, 11) is 1.67. The second-order valence-electron chi connectivity index (χ2n) is 7.96. The second kappa shape index (κ2) is 7.43. The minimum Gasteiger partial charge on any atom is -0.507 e. The minimum atomic E-state index is -0.131. The highest BCUT2D eigenvalue weighted by molar-refractivity contribution is 6.09. The fraction of sp³-hybridized carbons (Fsp3) is 0.455. The summed E-state index contributed by atoms with van der Waals surface area (Å²) >= 11 is 0. The summed E-state index contributed by atoms with van der Waals surface area (Å²) < 4.78 is 5.61. The number of phenolic OH excluding ortho intramolecular Hbond substituents is 1. The van der Waals surface area contributed by atoms with Gasteiger partial charge in [0.15, 0.2) is 0 Å². The van der Waals surface area contributed by atoms with Gasteiger partial charge in [0.05, 0.1) is 17.7 Å². The van der Waals surface area contributed by atoms with E-state index >= 15 is 0 Å². The van der Waals surface area contributed by atoms with Crippen molar-refractivity contribution in [1.82, 2.24) is 10.2 Å². The summed E-state index contributed by atoms with van der Waals surface area (Å²) in [4.78, 5) is 26.7. The maximum Gasteiger partial charge on any atom is 0.258 e. The van der Waals surface area contributed by atoms with Crippen molar-refractivity contribution in [3.8, 4) is 5.75 Å². The van der Waals surface area contributed by atoms with E-state index in [1.165, 1.54) is 6.92 Å². The van der Waals surface area contributed by atoms with E-state index in [2.05, 4.69) is 5.32 Å². The zero-order valence-electron chi connectivity index (χ0n) is 16.2. The van der Waals surface area contributed by atoms with E-state index in [9.17, 15) is 14.7 Å². The lowest BCUT2D eigenvalue weighted by Gasteiger charge is -2.37. The smallest absolute Gasteiger partial charge is 0.258 e. The summed E-state index contributed by atoms with van der Waals surface area (Å²) in [5.74, 6) is 0.496. The van der Waals surface area contributed by atoms with Gasteiger partial charge in [-0.15, -0.1) is 0 Å². The molecule has 1 heterocycles. The number of nitrogens with zero attached hydrogens (tertiary/aromatic N) is 1. The number of amides is 2. The lowest BCUT2D eigenvalue weighted by molar-refractivity contribution is -0.121. The van der Waals surface area contributed by atoms with Crippen molar-refractivity contribution in [3.05, 3.63) is 42.0 Å². The van der Waals surface area contributed by atoms with E-state index in [0.29, 0.717) is 30.5 Å². The van der Waals surface area contributed by atoms with Crippen LogP contribution in [0.1, 0.15) is 30.1 Å². The Labute approximate surface area is 164 Å². The molecule has 148 valence electrons. The predicted molar refractivity (Wildman–Crippen MR) is 106 cm³/mol. The van der Waals surface area contributed by atoms with E-state index in [1.54, 1.807) is 13.2 Å². The van der Waals surface area contributed by atoms with E-state index in [-0.39, 0.29) is 29.7 Å². The van der Waals surface area contributed by atoms with Gasteiger partial charge in [-0.1, -0.05) is 30.3 Å². The highest BCUT2D eigenvalue weighted by Gasteiger charge is 2.44. The lowest BCUT2D eigenvalue weighted by atomic mass is 9.77. The van der Waals surface area contributed by atoms with Gasteiger partial charge in [-0.25, -0.2) is 0 Å². The van der Waals surface area contributed by atoms with Gasteiger partial charge in [-0.2, -0.15) is 0 Å². The predicted octanol–water partition coefficient (Wildman–Crippen LogP) is 2.55. The van der Waals surface area contributed by atoms with Crippen molar-refractivity contribution in [3.63, 3.8) is 0 Å². The highest BCUT2D eigenvalue weighted by atomic mass is 16.5. The van der Waals surface area contributed by atoms with Crippen molar-refractivity contribution in [2.24, 2.45) is 11.8 Å². The number of methoxy groups -OCH3 is 1. The van der Waals surface area contributed by atoms with Crippen LogP contribution in [0, 0.1) is 11.8 Å². The number of benzene rings is 2. The van der Waals surface area contributed by atoms with Crippen LogP contribution in [0.2, 0.25) is 0 Å². The quantitative estimate of drug-likeness (QED) is 0.855. The number of ether oxygens (including phenoxy) is 1. The maximum absolute atomic E-state index is 13.3. The zero-order chi connectivity index (χ0) is 19.8. The molecule has 1 aliphatic carbocycles.